The van der Waals surface area contributed by atoms with Gasteiger partial charge in [0, 0.05) is 10.9 Å². The molecule has 6 nitrogen and oxygen atoms in total. The molecule has 0 radical (unpaired) electrons. The van der Waals surface area contributed by atoms with Crippen LogP contribution >= 0.6 is 23.1 Å². The summed E-state index contributed by atoms with van der Waals surface area (Å²) in [6.45, 7) is 3.78. The molecule has 23 heavy (non-hydrogen) atoms. The fourth-order valence-corrected chi connectivity index (χ4v) is 3.43. The molecule has 2 aromatic heterocycles. The molecule has 0 aliphatic rings. The smallest absolute Gasteiger partial charge is 0.235 e. The molecule has 0 aromatic carbocycles. The Bertz CT molecular complexity index is 640. The Morgan fingerprint density at radius 3 is 2.78 bits per heavy atom. The van der Waals surface area contributed by atoms with E-state index in [1.54, 1.807) is 24.3 Å². The van der Waals surface area contributed by atoms with E-state index >= 15 is 0 Å². The third-order valence-corrected chi connectivity index (χ3v) is 4.91. The zero-order valence-electron chi connectivity index (χ0n) is 13.0. The maximum atomic E-state index is 12.0. The quantitative estimate of drug-likeness (QED) is 0.762. The van der Waals surface area contributed by atoms with Crippen LogP contribution in [0.15, 0.2) is 28.1 Å². The Labute approximate surface area is 143 Å². The van der Waals surface area contributed by atoms with E-state index in [1.165, 1.54) is 11.8 Å². The summed E-state index contributed by atoms with van der Waals surface area (Å²) in [6, 6.07) is 5.66. The lowest BCUT2D eigenvalue weighted by Crippen LogP contribution is -2.29. The monoisotopic (exact) mass is 353 g/mol. The lowest BCUT2D eigenvalue weighted by Gasteiger charge is -2.15. The van der Waals surface area contributed by atoms with Crippen molar-refractivity contribution < 1.29 is 14.1 Å². The van der Waals surface area contributed by atoms with Gasteiger partial charge in [-0.05, 0) is 24.8 Å². The van der Waals surface area contributed by atoms with Crippen LogP contribution < -0.4 is 10.6 Å². The number of carbonyl (C=O) groups is 2. The number of aromatic nitrogens is 1. The van der Waals surface area contributed by atoms with Gasteiger partial charge in [-0.25, -0.2) is 0 Å². The molecule has 0 saturated heterocycles. The molecule has 0 spiro atoms. The van der Waals surface area contributed by atoms with Gasteiger partial charge in [-0.3, -0.25) is 9.59 Å². The Morgan fingerprint density at radius 1 is 1.39 bits per heavy atom. The largest absolute Gasteiger partial charge is 0.360 e. The summed E-state index contributed by atoms with van der Waals surface area (Å²) >= 11 is 2.89. The predicted molar refractivity (Wildman–Crippen MR) is 92.7 cm³/mol. The maximum Gasteiger partial charge on any atom is 0.235 e. The second-order valence-electron chi connectivity index (χ2n) is 4.91. The fourth-order valence-electron chi connectivity index (χ4n) is 1.94. The molecule has 8 heteroatoms. The van der Waals surface area contributed by atoms with Crippen LogP contribution in [0.2, 0.25) is 0 Å². The first-order chi connectivity index (χ1) is 11.1. The van der Waals surface area contributed by atoms with Gasteiger partial charge in [0.05, 0.1) is 17.5 Å². The highest BCUT2D eigenvalue weighted by Gasteiger charge is 2.14. The van der Waals surface area contributed by atoms with Crippen molar-refractivity contribution >= 4 is 40.7 Å². The number of thioether (sulfide) groups is 1. The first kappa shape index (κ1) is 17.6. The van der Waals surface area contributed by atoms with Gasteiger partial charge >= 0.3 is 0 Å². The van der Waals surface area contributed by atoms with Crippen LogP contribution in [0.4, 0.5) is 5.82 Å². The molecular formula is C15H19N3O3S2. The highest BCUT2D eigenvalue weighted by Crippen LogP contribution is 2.21. The van der Waals surface area contributed by atoms with Crippen molar-refractivity contribution in [2.45, 2.75) is 26.3 Å². The van der Waals surface area contributed by atoms with Crippen molar-refractivity contribution in [2.75, 3.05) is 16.8 Å². The summed E-state index contributed by atoms with van der Waals surface area (Å²) in [4.78, 5) is 24.8. The summed E-state index contributed by atoms with van der Waals surface area (Å²) in [5.74, 6) is 1.18. The Morgan fingerprint density at radius 2 is 2.17 bits per heavy atom. The van der Waals surface area contributed by atoms with Gasteiger partial charge < -0.3 is 15.2 Å². The van der Waals surface area contributed by atoms with E-state index in [0.717, 1.165) is 11.3 Å². The highest BCUT2D eigenvalue weighted by atomic mass is 32.2. The third-order valence-electron chi connectivity index (χ3n) is 2.99. The fraction of sp³-hybridized carbons (Fsp3) is 0.400. The van der Waals surface area contributed by atoms with Crippen molar-refractivity contribution in [1.29, 1.82) is 0 Å². The van der Waals surface area contributed by atoms with Crippen molar-refractivity contribution in [2.24, 2.45) is 0 Å². The van der Waals surface area contributed by atoms with Crippen molar-refractivity contribution in [3.8, 4) is 0 Å². The minimum absolute atomic E-state index is 0.0371. The summed E-state index contributed by atoms with van der Waals surface area (Å²) in [5.41, 5.74) is 0. The van der Waals surface area contributed by atoms with Gasteiger partial charge in [0.1, 0.15) is 5.76 Å². The number of hydrogen-bond donors (Lipinski definition) is 2. The SMILES string of the molecule is CCC(NC(=O)CSCC(=O)Nc1cc(C)on1)c1cccs1. The summed E-state index contributed by atoms with van der Waals surface area (Å²) in [7, 11) is 0. The van der Waals surface area contributed by atoms with Gasteiger partial charge in [0.15, 0.2) is 5.82 Å². The Hall–Kier alpha value is -1.80. The number of thiophene rings is 1. The number of nitrogens with one attached hydrogen (secondary N) is 2. The van der Waals surface area contributed by atoms with E-state index in [2.05, 4.69) is 15.8 Å². The van der Waals surface area contributed by atoms with Gasteiger partial charge in [-0.1, -0.05) is 18.1 Å². The zero-order valence-corrected chi connectivity index (χ0v) is 14.6. The van der Waals surface area contributed by atoms with E-state index in [9.17, 15) is 9.59 Å². The van der Waals surface area contributed by atoms with Gasteiger partial charge in [0.25, 0.3) is 0 Å². The molecule has 0 saturated carbocycles. The van der Waals surface area contributed by atoms with Gasteiger partial charge in [0.2, 0.25) is 11.8 Å². The van der Waals surface area contributed by atoms with Crippen molar-refractivity contribution in [3.05, 3.63) is 34.2 Å². The predicted octanol–water partition coefficient (Wildman–Crippen LogP) is 2.98. The molecule has 0 bridgehead atoms. The molecule has 2 amide bonds. The van der Waals surface area contributed by atoms with Crippen LogP contribution in [0.1, 0.15) is 30.0 Å². The highest BCUT2D eigenvalue weighted by molar-refractivity contribution is 8.00. The molecule has 2 heterocycles. The number of carbonyl (C=O) groups excluding carboxylic acids is 2. The van der Waals surface area contributed by atoms with Crippen LogP contribution in [0.3, 0.4) is 0 Å². The van der Waals surface area contributed by atoms with Gasteiger partial charge in [-0.2, -0.15) is 0 Å². The van der Waals surface area contributed by atoms with Crippen molar-refractivity contribution in [3.63, 3.8) is 0 Å². The second-order valence-corrected chi connectivity index (χ2v) is 6.87. The van der Waals surface area contributed by atoms with Crippen LogP contribution in [0, 0.1) is 6.92 Å². The van der Waals surface area contributed by atoms with E-state index in [-0.39, 0.29) is 29.4 Å². The maximum absolute atomic E-state index is 12.0. The third kappa shape index (κ3) is 5.72. The van der Waals surface area contributed by atoms with E-state index in [1.807, 2.05) is 24.4 Å². The second kappa shape index (κ2) is 8.73. The minimum atomic E-state index is -0.207. The van der Waals surface area contributed by atoms with Crippen molar-refractivity contribution in [1.82, 2.24) is 10.5 Å². The number of amides is 2. The minimum Gasteiger partial charge on any atom is -0.360 e. The first-order valence-electron chi connectivity index (χ1n) is 7.22. The molecular weight excluding hydrogens is 334 g/mol. The summed E-state index contributed by atoms with van der Waals surface area (Å²) in [5, 5.41) is 11.3. The van der Waals surface area contributed by atoms with Crippen LogP contribution in [0.25, 0.3) is 0 Å². The molecule has 0 aliphatic carbocycles. The van der Waals surface area contributed by atoms with Crippen LogP contribution in [-0.2, 0) is 9.59 Å². The lowest BCUT2D eigenvalue weighted by molar-refractivity contribution is -0.119. The van der Waals surface area contributed by atoms with E-state index < -0.39 is 0 Å². The molecule has 2 aromatic rings. The number of rotatable bonds is 8. The lowest BCUT2D eigenvalue weighted by atomic mass is 10.2. The first-order valence-corrected chi connectivity index (χ1v) is 9.25. The van der Waals surface area contributed by atoms with Gasteiger partial charge in [-0.15, -0.1) is 23.1 Å². The standard InChI is InChI=1S/C15H19N3O3S2/c1-3-11(12-5-4-6-23-12)16-14(19)8-22-9-15(20)17-13-7-10(2)21-18-13/h4-7,11H,3,8-9H2,1-2H3,(H,16,19)(H,17,18,20). The summed E-state index contributed by atoms with van der Waals surface area (Å²) in [6.07, 6.45) is 0.836. The topological polar surface area (TPSA) is 84.2 Å². The molecule has 2 N–H and O–H groups in total. The zero-order chi connectivity index (χ0) is 16.7. The number of hydrogen-bond acceptors (Lipinski definition) is 6. The van der Waals surface area contributed by atoms with Crippen LogP contribution in [0.5, 0.6) is 0 Å². The molecule has 0 aliphatic heterocycles. The van der Waals surface area contributed by atoms with E-state index in [0.29, 0.717) is 11.6 Å². The average molecular weight is 353 g/mol. The van der Waals surface area contributed by atoms with Crippen LogP contribution in [-0.4, -0.2) is 28.5 Å². The number of anilines is 1. The molecule has 1 unspecified atom stereocenters. The number of aryl methyl sites for hydroxylation is 1. The average Bonchev–Trinajstić information content (AvgIpc) is 3.16. The Kier molecular flexibility index (Phi) is 6.66. The normalized spacial score (nSPS) is 11.9. The number of nitrogens with zero attached hydrogens (tertiary/aromatic N) is 1. The molecule has 0 fully saturated rings. The molecule has 124 valence electrons. The molecule has 1 atom stereocenters. The Balaban J connectivity index is 1.69. The summed E-state index contributed by atoms with van der Waals surface area (Å²) < 4.78 is 4.86. The van der Waals surface area contributed by atoms with E-state index in [4.69, 9.17) is 4.52 Å². The molecule has 2 rings (SSSR count).